The van der Waals surface area contributed by atoms with Crippen LogP contribution in [-0.4, -0.2) is 48.8 Å². The molecule has 1 N–H and O–H groups in total. The summed E-state index contributed by atoms with van der Waals surface area (Å²) in [6.45, 7) is 3.23. The number of carbonyl (C=O) groups excluding carboxylic acids is 1. The van der Waals surface area contributed by atoms with E-state index in [0.717, 1.165) is 31.8 Å². The van der Waals surface area contributed by atoms with Crippen molar-refractivity contribution < 1.29 is 14.6 Å². The zero-order valence-electron chi connectivity index (χ0n) is 12.0. The molecule has 19 heavy (non-hydrogen) atoms. The molecule has 1 saturated carbocycles. The maximum absolute atomic E-state index is 11.3. The number of esters is 1. The van der Waals surface area contributed by atoms with Crippen molar-refractivity contribution >= 4 is 5.97 Å². The summed E-state index contributed by atoms with van der Waals surface area (Å²) >= 11 is 0. The third kappa shape index (κ3) is 4.18. The molecule has 4 nitrogen and oxygen atoms in total. The summed E-state index contributed by atoms with van der Waals surface area (Å²) in [5.74, 6) is 0.469. The summed E-state index contributed by atoms with van der Waals surface area (Å²) in [6.07, 6.45) is 7.83. The number of aliphatic hydroxyl groups excluding tert-OH is 1. The first-order chi connectivity index (χ1) is 9.20. The Hall–Kier alpha value is -0.610. The Morgan fingerprint density at radius 1 is 1.21 bits per heavy atom. The molecule has 0 amide bonds. The second kappa shape index (κ2) is 7.25. The fourth-order valence-corrected chi connectivity index (χ4v) is 3.50. The number of piperidine rings is 1. The van der Waals surface area contributed by atoms with Gasteiger partial charge in [0.25, 0.3) is 0 Å². The molecule has 1 unspecified atom stereocenters. The first-order valence-electron chi connectivity index (χ1n) is 7.69. The maximum atomic E-state index is 11.3. The summed E-state index contributed by atoms with van der Waals surface area (Å²) in [6, 6.07) is 0. The summed E-state index contributed by atoms with van der Waals surface area (Å²) < 4.78 is 4.61. The monoisotopic (exact) mass is 269 g/mol. The lowest BCUT2D eigenvalue weighted by atomic mass is 9.87. The van der Waals surface area contributed by atoms with Gasteiger partial charge in [-0.05, 0) is 50.6 Å². The molecular formula is C15H27NO3. The van der Waals surface area contributed by atoms with Gasteiger partial charge in [0, 0.05) is 6.54 Å². The van der Waals surface area contributed by atoms with Crippen molar-refractivity contribution in [1.82, 2.24) is 4.90 Å². The van der Waals surface area contributed by atoms with E-state index >= 15 is 0 Å². The van der Waals surface area contributed by atoms with Crippen LogP contribution in [0.1, 0.15) is 44.9 Å². The molecule has 2 aliphatic rings. The first-order valence-corrected chi connectivity index (χ1v) is 7.69. The van der Waals surface area contributed by atoms with Gasteiger partial charge in [-0.3, -0.25) is 0 Å². The van der Waals surface area contributed by atoms with Crippen molar-refractivity contribution in [2.75, 3.05) is 26.7 Å². The van der Waals surface area contributed by atoms with E-state index in [9.17, 15) is 9.90 Å². The molecule has 1 heterocycles. The van der Waals surface area contributed by atoms with Gasteiger partial charge in [-0.2, -0.15) is 0 Å². The second-order valence-electron chi connectivity index (χ2n) is 6.11. The Morgan fingerprint density at radius 3 is 2.42 bits per heavy atom. The average Bonchev–Trinajstić information content (AvgIpc) is 2.47. The highest BCUT2D eigenvalue weighted by Gasteiger charge is 2.31. The van der Waals surface area contributed by atoms with Crippen LogP contribution >= 0.6 is 0 Å². The van der Waals surface area contributed by atoms with Crippen LogP contribution in [-0.2, 0) is 9.53 Å². The standard InChI is InChI=1S/C15H27NO3/c1-19-15(18)14(17)13-7-9-16(10-8-13)11-12-5-3-2-4-6-12/h12-14,17H,2-11H2,1H3. The van der Waals surface area contributed by atoms with Gasteiger partial charge in [-0.1, -0.05) is 19.3 Å². The summed E-state index contributed by atoms with van der Waals surface area (Å²) in [4.78, 5) is 13.8. The smallest absolute Gasteiger partial charge is 0.334 e. The number of carbonyl (C=O) groups is 1. The normalized spacial score (nSPS) is 25.2. The summed E-state index contributed by atoms with van der Waals surface area (Å²) in [5.41, 5.74) is 0. The van der Waals surface area contributed by atoms with Crippen molar-refractivity contribution in [1.29, 1.82) is 0 Å². The molecule has 1 atom stereocenters. The van der Waals surface area contributed by atoms with Gasteiger partial charge in [0.15, 0.2) is 6.10 Å². The largest absolute Gasteiger partial charge is 0.467 e. The topological polar surface area (TPSA) is 49.8 Å². The van der Waals surface area contributed by atoms with Crippen LogP contribution in [0.3, 0.4) is 0 Å². The summed E-state index contributed by atoms with van der Waals surface area (Å²) in [7, 11) is 1.34. The van der Waals surface area contributed by atoms with E-state index in [4.69, 9.17) is 0 Å². The molecule has 2 fully saturated rings. The van der Waals surface area contributed by atoms with Gasteiger partial charge in [0.05, 0.1) is 7.11 Å². The Bertz CT molecular complexity index is 281. The van der Waals surface area contributed by atoms with Crippen LogP contribution in [0.5, 0.6) is 0 Å². The maximum Gasteiger partial charge on any atom is 0.334 e. The van der Waals surface area contributed by atoms with Crippen LogP contribution < -0.4 is 0 Å². The Morgan fingerprint density at radius 2 is 1.84 bits per heavy atom. The van der Waals surface area contributed by atoms with Gasteiger partial charge < -0.3 is 14.7 Å². The third-order valence-electron chi connectivity index (χ3n) is 4.76. The van der Waals surface area contributed by atoms with Crippen LogP contribution in [0.2, 0.25) is 0 Å². The summed E-state index contributed by atoms with van der Waals surface area (Å²) in [5, 5.41) is 9.86. The van der Waals surface area contributed by atoms with Crippen molar-refractivity contribution in [3.05, 3.63) is 0 Å². The van der Waals surface area contributed by atoms with Gasteiger partial charge in [0.2, 0.25) is 0 Å². The fourth-order valence-electron chi connectivity index (χ4n) is 3.50. The average molecular weight is 269 g/mol. The minimum absolute atomic E-state index is 0.0788. The molecular weight excluding hydrogens is 242 g/mol. The number of rotatable bonds is 4. The highest BCUT2D eigenvalue weighted by atomic mass is 16.5. The quantitative estimate of drug-likeness (QED) is 0.791. The van der Waals surface area contributed by atoms with Crippen LogP contribution in [0.4, 0.5) is 0 Å². The van der Waals surface area contributed by atoms with Crippen molar-refractivity contribution in [3.63, 3.8) is 0 Å². The molecule has 0 aromatic heterocycles. The fraction of sp³-hybridized carbons (Fsp3) is 0.933. The number of hydrogen-bond donors (Lipinski definition) is 1. The van der Waals surface area contributed by atoms with E-state index in [1.165, 1.54) is 45.8 Å². The molecule has 0 spiro atoms. The minimum Gasteiger partial charge on any atom is -0.467 e. The minimum atomic E-state index is -0.929. The molecule has 1 aliphatic heterocycles. The molecule has 2 rings (SSSR count). The Labute approximate surface area is 116 Å². The number of nitrogens with zero attached hydrogens (tertiary/aromatic N) is 1. The molecule has 0 radical (unpaired) electrons. The van der Waals surface area contributed by atoms with Gasteiger partial charge in [-0.25, -0.2) is 4.79 Å². The Balaban J connectivity index is 1.71. The zero-order chi connectivity index (χ0) is 13.7. The van der Waals surface area contributed by atoms with Gasteiger partial charge in [-0.15, -0.1) is 0 Å². The molecule has 1 saturated heterocycles. The molecule has 0 aromatic carbocycles. The predicted octanol–water partition coefficient (Wildman–Crippen LogP) is 1.81. The van der Waals surface area contributed by atoms with Gasteiger partial charge in [0.1, 0.15) is 0 Å². The number of hydrogen-bond acceptors (Lipinski definition) is 4. The van der Waals surface area contributed by atoms with E-state index in [2.05, 4.69) is 9.64 Å². The molecule has 0 aromatic rings. The number of aliphatic hydroxyl groups is 1. The predicted molar refractivity (Wildman–Crippen MR) is 73.8 cm³/mol. The first kappa shape index (κ1) is 14.8. The molecule has 0 bridgehead atoms. The lowest BCUT2D eigenvalue weighted by molar-refractivity contribution is -0.154. The SMILES string of the molecule is COC(=O)C(O)C1CCN(CC2CCCCC2)CC1. The zero-order valence-corrected chi connectivity index (χ0v) is 12.0. The van der Waals surface area contributed by atoms with Crippen molar-refractivity contribution in [3.8, 4) is 0 Å². The Kier molecular flexibility index (Phi) is 5.64. The van der Waals surface area contributed by atoms with Crippen molar-refractivity contribution in [2.45, 2.75) is 51.0 Å². The lowest BCUT2D eigenvalue weighted by Gasteiger charge is -2.36. The molecule has 110 valence electrons. The van der Waals surface area contributed by atoms with E-state index in [-0.39, 0.29) is 5.92 Å². The van der Waals surface area contributed by atoms with E-state index in [0.29, 0.717) is 0 Å². The van der Waals surface area contributed by atoms with Crippen LogP contribution in [0.15, 0.2) is 0 Å². The van der Waals surface area contributed by atoms with Crippen LogP contribution in [0, 0.1) is 11.8 Å². The van der Waals surface area contributed by atoms with E-state index in [1.807, 2.05) is 0 Å². The molecule has 1 aliphatic carbocycles. The van der Waals surface area contributed by atoms with Gasteiger partial charge >= 0.3 is 5.97 Å². The number of ether oxygens (including phenoxy) is 1. The van der Waals surface area contributed by atoms with E-state index < -0.39 is 12.1 Å². The number of likely N-dealkylation sites (tertiary alicyclic amines) is 1. The molecule has 4 heteroatoms. The lowest BCUT2D eigenvalue weighted by Crippen LogP contribution is -2.42. The highest BCUT2D eigenvalue weighted by Crippen LogP contribution is 2.27. The number of methoxy groups -OCH3 is 1. The third-order valence-corrected chi connectivity index (χ3v) is 4.76. The van der Waals surface area contributed by atoms with Crippen LogP contribution in [0.25, 0.3) is 0 Å². The highest BCUT2D eigenvalue weighted by molar-refractivity contribution is 5.74. The second-order valence-corrected chi connectivity index (χ2v) is 6.11. The van der Waals surface area contributed by atoms with Crippen molar-refractivity contribution in [2.24, 2.45) is 11.8 Å². The van der Waals surface area contributed by atoms with E-state index in [1.54, 1.807) is 0 Å².